The van der Waals surface area contributed by atoms with Gasteiger partial charge in [0.05, 0.1) is 25.9 Å². The van der Waals surface area contributed by atoms with Crippen LogP contribution < -0.4 is 0 Å². The lowest BCUT2D eigenvalue weighted by Crippen LogP contribution is -2.51. The van der Waals surface area contributed by atoms with Crippen LogP contribution in [0.1, 0.15) is 17.5 Å². The average Bonchev–Trinajstić information content (AvgIpc) is 2.66. The van der Waals surface area contributed by atoms with Gasteiger partial charge in [-0.3, -0.25) is 0 Å². The minimum atomic E-state index is -1.02. The predicted octanol–water partition coefficient (Wildman–Crippen LogP) is 3.03. The molecule has 2 aromatic rings. The van der Waals surface area contributed by atoms with E-state index in [4.69, 9.17) is 14.2 Å². The van der Waals surface area contributed by atoms with Crippen LogP contribution in [0, 0.1) is 0 Å². The Hall–Kier alpha value is -2.21. The third-order valence-electron chi connectivity index (χ3n) is 4.20. The Bertz CT molecular complexity index is 658. The Balaban J connectivity index is 1.66. The molecule has 1 aliphatic heterocycles. The van der Waals surface area contributed by atoms with E-state index in [-0.39, 0.29) is 6.10 Å². The smallest absolute Gasteiger partial charge is 0.335 e. The Kier molecular flexibility index (Phi) is 6.17. The van der Waals surface area contributed by atoms with Crippen LogP contribution in [0.25, 0.3) is 0 Å². The number of carbonyl (C=O) groups is 1. The van der Waals surface area contributed by atoms with Crippen LogP contribution in [-0.2, 0) is 32.2 Å². The van der Waals surface area contributed by atoms with E-state index in [2.05, 4.69) is 0 Å². The van der Waals surface area contributed by atoms with Crippen molar-refractivity contribution < 1.29 is 24.1 Å². The summed E-state index contributed by atoms with van der Waals surface area (Å²) in [5, 5.41) is 9.45. The Labute approximate surface area is 147 Å². The van der Waals surface area contributed by atoms with Gasteiger partial charge in [0.25, 0.3) is 0 Å². The molecule has 132 valence electrons. The Morgan fingerprint density at radius 3 is 2.08 bits per heavy atom. The van der Waals surface area contributed by atoms with Gasteiger partial charge < -0.3 is 19.3 Å². The molecule has 5 heteroatoms. The topological polar surface area (TPSA) is 65.0 Å². The number of rotatable bonds is 7. The highest BCUT2D eigenvalue weighted by atomic mass is 16.6. The second kappa shape index (κ2) is 8.76. The van der Waals surface area contributed by atoms with Crippen molar-refractivity contribution in [3.8, 4) is 0 Å². The molecule has 0 unspecified atom stereocenters. The van der Waals surface area contributed by atoms with E-state index in [1.165, 1.54) is 0 Å². The SMILES string of the molecule is O=C(O)[C@H]1OCC[C@@H](OCc2ccccc2)[C@@H]1OCc1ccccc1. The number of carboxylic acid groups (broad SMARTS) is 1. The first-order valence-corrected chi connectivity index (χ1v) is 8.39. The monoisotopic (exact) mass is 342 g/mol. The summed E-state index contributed by atoms with van der Waals surface area (Å²) in [7, 11) is 0. The molecule has 1 heterocycles. The molecule has 1 aliphatic rings. The van der Waals surface area contributed by atoms with E-state index in [9.17, 15) is 9.90 Å². The van der Waals surface area contributed by atoms with Gasteiger partial charge in [-0.1, -0.05) is 60.7 Å². The first kappa shape index (κ1) is 17.6. The molecule has 1 fully saturated rings. The summed E-state index contributed by atoms with van der Waals surface area (Å²) in [5.41, 5.74) is 2.03. The molecule has 0 radical (unpaired) electrons. The van der Waals surface area contributed by atoms with E-state index < -0.39 is 18.2 Å². The molecular formula is C20H22O5. The minimum Gasteiger partial charge on any atom is -0.479 e. The van der Waals surface area contributed by atoms with Gasteiger partial charge in [0.2, 0.25) is 0 Å². The molecule has 0 aliphatic carbocycles. The zero-order valence-electron chi connectivity index (χ0n) is 13.9. The number of hydrogen-bond acceptors (Lipinski definition) is 4. The molecule has 3 atom stereocenters. The fourth-order valence-electron chi connectivity index (χ4n) is 2.89. The van der Waals surface area contributed by atoms with E-state index >= 15 is 0 Å². The van der Waals surface area contributed by atoms with Gasteiger partial charge in [-0.25, -0.2) is 4.79 Å². The third kappa shape index (κ3) is 4.89. The van der Waals surface area contributed by atoms with Crippen LogP contribution in [0.4, 0.5) is 0 Å². The number of carboxylic acids is 1. The predicted molar refractivity (Wildman–Crippen MR) is 92.0 cm³/mol. The lowest BCUT2D eigenvalue weighted by molar-refractivity contribution is -0.199. The maximum absolute atomic E-state index is 11.5. The fourth-order valence-corrected chi connectivity index (χ4v) is 2.89. The Morgan fingerprint density at radius 2 is 1.52 bits per heavy atom. The maximum Gasteiger partial charge on any atom is 0.335 e. The van der Waals surface area contributed by atoms with Crippen LogP contribution in [0.15, 0.2) is 60.7 Å². The molecule has 0 bridgehead atoms. The molecule has 0 spiro atoms. The van der Waals surface area contributed by atoms with Crippen molar-refractivity contribution in [2.75, 3.05) is 6.61 Å². The first-order chi connectivity index (χ1) is 12.2. The number of benzene rings is 2. The second-order valence-corrected chi connectivity index (χ2v) is 6.01. The van der Waals surface area contributed by atoms with Crippen molar-refractivity contribution >= 4 is 5.97 Å². The summed E-state index contributed by atoms with van der Waals surface area (Å²) in [6.07, 6.45) is -1.37. The normalized spacial score (nSPS) is 23.3. The van der Waals surface area contributed by atoms with Crippen molar-refractivity contribution in [1.82, 2.24) is 0 Å². The van der Waals surface area contributed by atoms with Crippen LogP contribution >= 0.6 is 0 Å². The first-order valence-electron chi connectivity index (χ1n) is 8.39. The van der Waals surface area contributed by atoms with Gasteiger partial charge in [0.15, 0.2) is 6.10 Å². The van der Waals surface area contributed by atoms with E-state index in [1.54, 1.807) is 0 Å². The lowest BCUT2D eigenvalue weighted by Gasteiger charge is -2.35. The summed E-state index contributed by atoms with van der Waals surface area (Å²) in [5.74, 6) is -1.02. The zero-order valence-corrected chi connectivity index (χ0v) is 13.9. The molecule has 0 saturated carbocycles. The van der Waals surface area contributed by atoms with Gasteiger partial charge in [-0.2, -0.15) is 0 Å². The molecule has 5 nitrogen and oxygen atoms in total. The fraction of sp³-hybridized carbons (Fsp3) is 0.350. The molecule has 0 amide bonds. The number of aliphatic carboxylic acids is 1. The molecule has 2 aromatic carbocycles. The highest BCUT2D eigenvalue weighted by Gasteiger charge is 2.40. The summed E-state index contributed by atoms with van der Waals surface area (Å²) < 4.78 is 17.3. The molecule has 1 N–H and O–H groups in total. The van der Waals surface area contributed by atoms with Gasteiger partial charge in [0, 0.05) is 0 Å². The quantitative estimate of drug-likeness (QED) is 0.838. The lowest BCUT2D eigenvalue weighted by atomic mass is 10.0. The maximum atomic E-state index is 11.5. The summed E-state index contributed by atoms with van der Waals surface area (Å²) >= 11 is 0. The zero-order chi connectivity index (χ0) is 17.5. The minimum absolute atomic E-state index is 0.321. The summed E-state index contributed by atoms with van der Waals surface area (Å²) in [6, 6.07) is 19.5. The molecular weight excluding hydrogens is 320 g/mol. The molecule has 1 saturated heterocycles. The van der Waals surface area contributed by atoms with Crippen LogP contribution in [0.2, 0.25) is 0 Å². The van der Waals surface area contributed by atoms with Crippen molar-refractivity contribution in [1.29, 1.82) is 0 Å². The molecule has 0 aromatic heterocycles. The second-order valence-electron chi connectivity index (χ2n) is 6.01. The highest BCUT2D eigenvalue weighted by Crippen LogP contribution is 2.23. The molecule has 3 rings (SSSR count). The number of ether oxygens (including phenoxy) is 3. The largest absolute Gasteiger partial charge is 0.479 e. The summed E-state index contributed by atoms with van der Waals surface area (Å²) in [4.78, 5) is 11.5. The van der Waals surface area contributed by atoms with Gasteiger partial charge >= 0.3 is 5.97 Å². The van der Waals surface area contributed by atoms with Crippen molar-refractivity contribution in [2.45, 2.75) is 37.9 Å². The van der Waals surface area contributed by atoms with E-state index in [0.717, 1.165) is 11.1 Å². The number of hydrogen-bond donors (Lipinski definition) is 1. The van der Waals surface area contributed by atoms with Crippen LogP contribution in [0.3, 0.4) is 0 Å². The average molecular weight is 342 g/mol. The van der Waals surface area contributed by atoms with Gasteiger partial charge in [0.1, 0.15) is 6.10 Å². The molecule has 25 heavy (non-hydrogen) atoms. The van der Waals surface area contributed by atoms with E-state index in [1.807, 2.05) is 60.7 Å². The summed E-state index contributed by atoms with van der Waals surface area (Å²) in [6.45, 7) is 1.09. The standard InChI is InChI=1S/C20H22O5/c21-20(22)19-18(25-14-16-9-5-2-6-10-16)17(11-12-23-19)24-13-15-7-3-1-4-8-15/h1-10,17-19H,11-14H2,(H,21,22)/t17-,18+,19+/m1/s1. The van der Waals surface area contributed by atoms with Crippen molar-refractivity contribution in [3.05, 3.63) is 71.8 Å². The van der Waals surface area contributed by atoms with Crippen LogP contribution in [0.5, 0.6) is 0 Å². The Morgan fingerprint density at radius 1 is 0.960 bits per heavy atom. The van der Waals surface area contributed by atoms with Gasteiger partial charge in [-0.05, 0) is 17.5 Å². The van der Waals surface area contributed by atoms with E-state index in [0.29, 0.717) is 26.2 Å². The van der Waals surface area contributed by atoms with Crippen LogP contribution in [-0.4, -0.2) is 36.0 Å². The third-order valence-corrected chi connectivity index (χ3v) is 4.20. The van der Waals surface area contributed by atoms with Crippen molar-refractivity contribution in [2.24, 2.45) is 0 Å². The van der Waals surface area contributed by atoms with Gasteiger partial charge in [-0.15, -0.1) is 0 Å². The van der Waals surface area contributed by atoms with Crippen molar-refractivity contribution in [3.63, 3.8) is 0 Å². The highest BCUT2D eigenvalue weighted by molar-refractivity contribution is 5.73.